The average molecular weight is 528 g/mol. The molecule has 2 aromatic carbocycles. The first-order valence-electron chi connectivity index (χ1n) is 12.1. The van der Waals surface area contributed by atoms with E-state index in [0.29, 0.717) is 28.7 Å². The molecule has 3 heterocycles. The van der Waals surface area contributed by atoms with E-state index in [0.717, 1.165) is 16.9 Å². The summed E-state index contributed by atoms with van der Waals surface area (Å²) in [6.07, 6.45) is 1.92. The maximum absolute atomic E-state index is 12.7. The van der Waals surface area contributed by atoms with Gasteiger partial charge < -0.3 is 20.0 Å². The number of thiocarbonyl (C=S) groups is 1. The molecule has 1 aliphatic heterocycles. The first-order chi connectivity index (χ1) is 18.4. The summed E-state index contributed by atoms with van der Waals surface area (Å²) in [5.74, 6) is 0.972. The normalized spacial score (nSPS) is 16.8. The van der Waals surface area contributed by atoms with Crippen molar-refractivity contribution in [3.05, 3.63) is 112 Å². The summed E-state index contributed by atoms with van der Waals surface area (Å²) in [4.78, 5) is 30.0. The summed E-state index contributed by atoms with van der Waals surface area (Å²) >= 11 is 5.68. The van der Waals surface area contributed by atoms with Gasteiger partial charge in [-0.05, 0) is 55.5 Å². The van der Waals surface area contributed by atoms with Crippen molar-refractivity contribution in [3.63, 3.8) is 0 Å². The molecule has 0 aliphatic carbocycles. The number of amides is 1. The molecule has 0 saturated carbocycles. The van der Waals surface area contributed by atoms with E-state index >= 15 is 0 Å². The fraction of sp³-hybridized carbons (Fsp3) is 0.179. The molecule has 0 bridgehead atoms. The molecule has 2 aromatic heterocycles. The molecule has 1 amide bonds. The molecular formula is C28H25N5O4S. The van der Waals surface area contributed by atoms with E-state index in [1.54, 1.807) is 24.4 Å². The fourth-order valence-corrected chi connectivity index (χ4v) is 4.81. The second-order valence-corrected chi connectivity index (χ2v) is 9.38. The van der Waals surface area contributed by atoms with Crippen LogP contribution in [0.5, 0.6) is 0 Å². The summed E-state index contributed by atoms with van der Waals surface area (Å²) in [5, 5.41) is 18.0. The van der Waals surface area contributed by atoms with Gasteiger partial charge in [-0.15, -0.1) is 0 Å². The predicted octanol–water partition coefficient (Wildman–Crippen LogP) is 5.56. The van der Waals surface area contributed by atoms with Crippen LogP contribution in [0.1, 0.15) is 35.5 Å². The van der Waals surface area contributed by atoms with Crippen LogP contribution >= 0.6 is 12.2 Å². The Kier molecular flexibility index (Phi) is 7.14. The topological polar surface area (TPSA) is 114 Å². The Labute approximate surface area is 224 Å². The highest BCUT2D eigenvalue weighted by molar-refractivity contribution is 7.80. The lowest BCUT2D eigenvalue weighted by Crippen LogP contribution is -2.32. The number of nitro benzene ring substituents is 1. The predicted molar refractivity (Wildman–Crippen MR) is 147 cm³/mol. The van der Waals surface area contributed by atoms with E-state index < -0.39 is 4.92 Å². The number of carbonyl (C=O) groups is 1. The second-order valence-electron chi connectivity index (χ2n) is 8.99. The lowest BCUT2D eigenvalue weighted by molar-refractivity contribution is -0.384. The molecule has 38 heavy (non-hydrogen) atoms. The number of hydrogen-bond donors (Lipinski definition) is 2. The summed E-state index contributed by atoms with van der Waals surface area (Å²) < 4.78 is 6.24. The standard InChI is InChI=1S/C28H25N5O4S/c1-18-8-10-20(11-9-18)30-25(34)14-16-32-27(26(31-28(32)38)22-7-2-3-15-29-22)24-13-12-23(37-24)19-5-4-6-21(17-19)33(35)36/h2-13,15,17,26-27H,14,16H2,1H3,(H,30,34)(H,31,38)/t26-,27-/m0/s1. The summed E-state index contributed by atoms with van der Waals surface area (Å²) in [7, 11) is 0. The molecule has 1 aliphatic rings. The van der Waals surface area contributed by atoms with Gasteiger partial charge in [0, 0.05) is 42.5 Å². The Morgan fingerprint density at radius 1 is 1.13 bits per heavy atom. The number of furan rings is 1. The lowest BCUT2D eigenvalue weighted by Gasteiger charge is -2.25. The Hall–Kier alpha value is -4.57. The SMILES string of the molecule is Cc1ccc(NC(=O)CCN2C(=S)N[C@@H](c3ccccn3)[C@@H]2c2ccc(-c3cccc([N+](=O)[O-])c3)o2)cc1. The third kappa shape index (κ3) is 5.40. The zero-order valence-electron chi connectivity index (χ0n) is 20.5. The number of rotatable bonds is 8. The van der Waals surface area contributed by atoms with Crippen molar-refractivity contribution >= 4 is 34.6 Å². The minimum atomic E-state index is -0.437. The number of nitrogens with zero attached hydrogens (tertiary/aromatic N) is 3. The number of anilines is 1. The minimum Gasteiger partial charge on any atom is -0.459 e. The Balaban J connectivity index is 1.40. The number of aryl methyl sites for hydroxylation is 1. The van der Waals surface area contributed by atoms with Gasteiger partial charge in [-0.3, -0.25) is 19.9 Å². The van der Waals surface area contributed by atoms with Gasteiger partial charge in [-0.25, -0.2) is 0 Å². The van der Waals surface area contributed by atoms with Gasteiger partial charge in [0.15, 0.2) is 5.11 Å². The van der Waals surface area contributed by atoms with Crippen molar-refractivity contribution in [1.82, 2.24) is 15.2 Å². The van der Waals surface area contributed by atoms with E-state index in [9.17, 15) is 14.9 Å². The summed E-state index contributed by atoms with van der Waals surface area (Å²) in [5.41, 5.74) is 3.20. The number of nitrogens with one attached hydrogen (secondary N) is 2. The van der Waals surface area contributed by atoms with Gasteiger partial charge in [0.1, 0.15) is 17.6 Å². The number of carbonyl (C=O) groups excluding carboxylic acids is 1. The molecule has 0 unspecified atom stereocenters. The van der Waals surface area contributed by atoms with Crippen LogP contribution in [-0.4, -0.2) is 32.4 Å². The molecule has 1 saturated heterocycles. The van der Waals surface area contributed by atoms with Crippen molar-refractivity contribution in [2.24, 2.45) is 0 Å². The van der Waals surface area contributed by atoms with Crippen molar-refractivity contribution in [3.8, 4) is 11.3 Å². The first kappa shape index (κ1) is 25.1. The number of nitro groups is 1. The van der Waals surface area contributed by atoms with Gasteiger partial charge >= 0.3 is 0 Å². The van der Waals surface area contributed by atoms with E-state index in [1.807, 2.05) is 60.4 Å². The van der Waals surface area contributed by atoms with E-state index in [-0.39, 0.29) is 30.1 Å². The molecular weight excluding hydrogens is 502 g/mol. The molecule has 2 atom stereocenters. The fourth-order valence-electron chi connectivity index (χ4n) is 4.48. The lowest BCUT2D eigenvalue weighted by atomic mass is 10.0. The zero-order valence-corrected chi connectivity index (χ0v) is 21.4. The maximum Gasteiger partial charge on any atom is 0.270 e. The van der Waals surface area contributed by atoms with Crippen molar-refractivity contribution in [2.45, 2.75) is 25.4 Å². The highest BCUT2D eigenvalue weighted by Crippen LogP contribution is 2.40. The van der Waals surface area contributed by atoms with Gasteiger partial charge in [-0.2, -0.15) is 0 Å². The number of benzene rings is 2. The van der Waals surface area contributed by atoms with Crippen molar-refractivity contribution < 1.29 is 14.1 Å². The Bertz CT molecular complexity index is 1470. The van der Waals surface area contributed by atoms with Crippen LogP contribution in [0.15, 0.2) is 89.5 Å². The van der Waals surface area contributed by atoms with E-state index in [4.69, 9.17) is 16.6 Å². The highest BCUT2D eigenvalue weighted by atomic mass is 32.1. The van der Waals surface area contributed by atoms with E-state index in [1.165, 1.54) is 12.1 Å². The zero-order chi connectivity index (χ0) is 26.6. The summed E-state index contributed by atoms with van der Waals surface area (Å²) in [6, 6.07) is 22.5. The van der Waals surface area contributed by atoms with Crippen LogP contribution in [0, 0.1) is 17.0 Å². The quantitative estimate of drug-likeness (QED) is 0.174. The van der Waals surface area contributed by atoms with Gasteiger partial charge in [-0.1, -0.05) is 35.9 Å². The van der Waals surface area contributed by atoms with Crippen molar-refractivity contribution in [1.29, 1.82) is 0 Å². The summed E-state index contributed by atoms with van der Waals surface area (Å²) in [6.45, 7) is 2.34. The smallest absolute Gasteiger partial charge is 0.270 e. The van der Waals surface area contributed by atoms with Crippen LogP contribution < -0.4 is 10.6 Å². The molecule has 5 rings (SSSR count). The third-order valence-electron chi connectivity index (χ3n) is 6.37. The van der Waals surface area contributed by atoms with Crippen molar-refractivity contribution in [2.75, 3.05) is 11.9 Å². The van der Waals surface area contributed by atoms with Crippen LogP contribution in [0.2, 0.25) is 0 Å². The van der Waals surface area contributed by atoms with Gasteiger partial charge in [0.25, 0.3) is 5.69 Å². The van der Waals surface area contributed by atoms with Gasteiger partial charge in [0.2, 0.25) is 5.91 Å². The maximum atomic E-state index is 12.7. The largest absolute Gasteiger partial charge is 0.459 e. The van der Waals surface area contributed by atoms with E-state index in [2.05, 4.69) is 15.6 Å². The minimum absolute atomic E-state index is 0.0169. The number of non-ortho nitro benzene ring substituents is 1. The van der Waals surface area contributed by atoms with Crippen LogP contribution in [0.3, 0.4) is 0 Å². The molecule has 0 spiro atoms. The highest BCUT2D eigenvalue weighted by Gasteiger charge is 2.41. The van der Waals surface area contributed by atoms with Crippen LogP contribution in [-0.2, 0) is 4.79 Å². The van der Waals surface area contributed by atoms with Gasteiger partial charge in [0.05, 0.1) is 16.7 Å². The number of hydrogen-bond acceptors (Lipinski definition) is 6. The number of pyridine rings is 1. The molecule has 4 aromatic rings. The monoisotopic (exact) mass is 527 g/mol. The number of aromatic nitrogens is 1. The molecule has 192 valence electrons. The molecule has 10 heteroatoms. The molecule has 9 nitrogen and oxygen atoms in total. The first-order valence-corrected chi connectivity index (χ1v) is 12.5. The van der Waals surface area contributed by atoms with Crippen LogP contribution in [0.25, 0.3) is 11.3 Å². The molecule has 0 radical (unpaired) electrons. The molecule has 2 N–H and O–H groups in total. The Morgan fingerprint density at radius 3 is 2.68 bits per heavy atom. The Morgan fingerprint density at radius 2 is 1.95 bits per heavy atom. The second kappa shape index (κ2) is 10.8. The average Bonchev–Trinajstić information content (AvgIpc) is 3.54. The third-order valence-corrected chi connectivity index (χ3v) is 6.73. The van der Waals surface area contributed by atoms with Crippen LogP contribution in [0.4, 0.5) is 11.4 Å². The molecule has 1 fully saturated rings.